The van der Waals surface area contributed by atoms with Crippen molar-refractivity contribution in [2.45, 2.75) is 157 Å². The van der Waals surface area contributed by atoms with E-state index in [-0.39, 0.29) is 0 Å². The number of rotatable bonds is 19. The highest BCUT2D eigenvalue weighted by Crippen LogP contribution is 2.68. The molecule has 0 aromatic carbocycles. The molecule has 4 fully saturated rings. The van der Waals surface area contributed by atoms with Gasteiger partial charge in [-0.1, -0.05) is 67.2 Å². The van der Waals surface area contributed by atoms with Crippen molar-refractivity contribution < 1.29 is 0 Å². The lowest BCUT2D eigenvalue weighted by Crippen LogP contribution is -2.55. The Bertz CT molecular complexity index is 1460. The number of pyridine rings is 2. The Morgan fingerprint density at radius 3 is 2.32 bits per heavy atom. The topological polar surface area (TPSA) is 82.3 Å². The molecule has 57 heavy (non-hydrogen) atoms. The SMILES string of the molecule is CCCc1cc(NCCCCN[C@@H]2CCC3(C)C(CCC4[C@@H]3CCC3(C)[C@@H]([C@H](C)CCCC(C)C)CC[C@@H]43)C2)ccn1.CN(CCN)Cc1cc(N(C)C)ccn1. The van der Waals surface area contributed by atoms with E-state index in [9.17, 15) is 0 Å². The van der Waals surface area contributed by atoms with Crippen molar-refractivity contribution in [3.8, 4) is 0 Å². The predicted octanol–water partition coefficient (Wildman–Crippen LogP) is 10.8. The van der Waals surface area contributed by atoms with Crippen LogP contribution >= 0.6 is 0 Å². The highest BCUT2D eigenvalue weighted by Gasteiger charge is 2.60. The van der Waals surface area contributed by atoms with E-state index < -0.39 is 0 Å². The molecule has 4 unspecified atom stereocenters. The molecule has 0 spiro atoms. The Kier molecular flexibility index (Phi) is 17.6. The van der Waals surface area contributed by atoms with Crippen LogP contribution < -0.4 is 21.3 Å². The lowest BCUT2D eigenvalue weighted by atomic mass is 9.44. The van der Waals surface area contributed by atoms with Crippen LogP contribution in [0, 0.1) is 52.3 Å². The van der Waals surface area contributed by atoms with Gasteiger partial charge in [-0.25, -0.2) is 0 Å². The molecule has 2 heterocycles. The molecule has 4 aliphatic carbocycles. The summed E-state index contributed by atoms with van der Waals surface area (Å²) in [6, 6.07) is 9.20. The second kappa shape index (κ2) is 21.9. The van der Waals surface area contributed by atoms with Crippen molar-refractivity contribution in [1.82, 2.24) is 20.2 Å². The fraction of sp³-hybridized carbons (Fsp3) is 0.800. The molecule has 4 N–H and O–H groups in total. The number of likely N-dealkylation sites (N-methyl/N-ethyl adjacent to an activating group) is 1. The average Bonchev–Trinajstić information content (AvgIpc) is 3.54. The molecule has 7 heteroatoms. The lowest BCUT2D eigenvalue weighted by Gasteiger charge is -2.61. The standard InChI is InChI=1S/C39H67N3.C11H20N4/c1-7-11-31-27-33(20-25-42-31)41-24-9-8-23-40-32-18-21-38(5)30(26-32)14-15-34-36-17-16-35(29(4)13-10-12-28(2)3)39(36,6)22-19-37(34)38;1-14(2)11-4-6-13-10(8-11)9-15(3)7-5-12/h20,25,27-30,32,34-37,40H,7-19,21-24,26H2,1-6H3,(H,41,42);4,6,8H,5,7,9,12H2,1-3H3/t29-,30?,32-,34?,35-,36+,37+,38?,39?;/m1./s1. The number of fused-ring (bicyclic) bond motifs is 5. The summed E-state index contributed by atoms with van der Waals surface area (Å²) in [5, 5.41) is 7.64. The van der Waals surface area contributed by atoms with Gasteiger partial charge >= 0.3 is 0 Å². The van der Waals surface area contributed by atoms with Gasteiger partial charge in [0.2, 0.25) is 0 Å². The molecule has 2 aromatic rings. The van der Waals surface area contributed by atoms with Crippen LogP contribution in [0.5, 0.6) is 0 Å². The van der Waals surface area contributed by atoms with E-state index in [0.29, 0.717) is 17.4 Å². The number of nitrogens with one attached hydrogen (secondary N) is 2. The van der Waals surface area contributed by atoms with Crippen LogP contribution in [-0.4, -0.2) is 68.2 Å². The maximum atomic E-state index is 5.49. The Hall–Kier alpha value is -2.22. The smallest absolute Gasteiger partial charge is 0.0564 e. The van der Waals surface area contributed by atoms with Gasteiger partial charge in [0.05, 0.1) is 5.69 Å². The van der Waals surface area contributed by atoms with Gasteiger partial charge in [0.25, 0.3) is 0 Å². The minimum absolute atomic E-state index is 0.606. The van der Waals surface area contributed by atoms with Gasteiger partial charge in [0, 0.05) is 75.8 Å². The summed E-state index contributed by atoms with van der Waals surface area (Å²) >= 11 is 0. The molecule has 0 radical (unpaired) electrons. The van der Waals surface area contributed by atoms with E-state index in [1.54, 1.807) is 0 Å². The second-order valence-corrected chi connectivity index (χ2v) is 20.5. The van der Waals surface area contributed by atoms with Crippen LogP contribution in [0.25, 0.3) is 0 Å². The summed E-state index contributed by atoms with van der Waals surface area (Å²) in [6.07, 6.45) is 26.3. The zero-order chi connectivity index (χ0) is 41.0. The molecule has 4 saturated carbocycles. The molecular formula is C50H87N7. The van der Waals surface area contributed by atoms with Crippen LogP contribution in [-0.2, 0) is 13.0 Å². The Morgan fingerprint density at radius 1 is 0.825 bits per heavy atom. The summed E-state index contributed by atoms with van der Waals surface area (Å²) in [6.45, 7) is 19.8. The molecule has 0 saturated heterocycles. The zero-order valence-electron chi connectivity index (χ0n) is 38.3. The third-order valence-corrected chi connectivity index (χ3v) is 15.8. The van der Waals surface area contributed by atoms with Crippen LogP contribution in [0.15, 0.2) is 36.7 Å². The largest absolute Gasteiger partial charge is 0.385 e. The van der Waals surface area contributed by atoms with Crippen LogP contribution in [0.1, 0.15) is 149 Å². The van der Waals surface area contributed by atoms with Crippen molar-refractivity contribution in [2.24, 2.45) is 58.0 Å². The summed E-state index contributed by atoms with van der Waals surface area (Å²) in [5.74, 6) is 6.76. The minimum Gasteiger partial charge on any atom is -0.385 e. The first kappa shape index (κ1) is 45.9. The summed E-state index contributed by atoms with van der Waals surface area (Å²) < 4.78 is 0. The monoisotopic (exact) mass is 786 g/mol. The third-order valence-electron chi connectivity index (χ3n) is 15.8. The maximum absolute atomic E-state index is 5.49. The number of nitrogens with zero attached hydrogens (tertiary/aromatic N) is 4. The summed E-state index contributed by atoms with van der Waals surface area (Å²) in [4.78, 5) is 13.1. The van der Waals surface area contributed by atoms with E-state index in [1.165, 1.54) is 114 Å². The highest BCUT2D eigenvalue weighted by atomic mass is 15.1. The van der Waals surface area contributed by atoms with Gasteiger partial charge in [0.15, 0.2) is 0 Å². The molecule has 0 aliphatic heterocycles. The molecule has 322 valence electrons. The number of aryl methyl sites for hydroxylation is 1. The van der Waals surface area contributed by atoms with Crippen LogP contribution in [0.4, 0.5) is 11.4 Å². The van der Waals surface area contributed by atoms with Gasteiger partial charge in [-0.05, 0) is 167 Å². The second-order valence-electron chi connectivity index (χ2n) is 20.5. The Balaban J connectivity index is 0.000000348. The number of hydrogen-bond acceptors (Lipinski definition) is 7. The fourth-order valence-corrected chi connectivity index (χ4v) is 12.6. The molecule has 7 nitrogen and oxygen atoms in total. The highest BCUT2D eigenvalue weighted by molar-refractivity contribution is 5.45. The lowest BCUT2D eigenvalue weighted by molar-refractivity contribution is -0.118. The van der Waals surface area contributed by atoms with Crippen molar-refractivity contribution in [1.29, 1.82) is 0 Å². The van der Waals surface area contributed by atoms with E-state index in [2.05, 4.69) is 97.2 Å². The van der Waals surface area contributed by atoms with Crippen molar-refractivity contribution >= 4 is 11.4 Å². The van der Waals surface area contributed by atoms with Gasteiger partial charge < -0.3 is 21.3 Å². The molecule has 6 rings (SSSR count). The van der Waals surface area contributed by atoms with E-state index in [4.69, 9.17) is 5.73 Å². The summed E-state index contributed by atoms with van der Waals surface area (Å²) in [7, 11) is 6.11. The quantitative estimate of drug-likeness (QED) is 0.122. The number of nitrogens with two attached hydrogens (primary N) is 1. The Labute approximate surface area is 350 Å². The zero-order valence-corrected chi connectivity index (χ0v) is 38.3. The maximum Gasteiger partial charge on any atom is 0.0564 e. The normalized spacial score (nSPS) is 29.9. The summed E-state index contributed by atoms with van der Waals surface area (Å²) in [5.41, 5.74) is 11.4. The molecular weight excluding hydrogens is 699 g/mol. The first-order chi connectivity index (χ1) is 27.4. The molecule has 4 aliphatic rings. The first-order valence-electron chi connectivity index (χ1n) is 23.8. The fourth-order valence-electron chi connectivity index (χ4n) is 12.6. The van der Waals surface area contributed by atoms with Crippen molar-refractivity contribution in [2.75, 3.05) is 57.5 Å². The van der Waals surface area contributed by atoms with E-state index >= 15 is 0 Å². The molecule has 9 atom stereocenters. The molecule has 0 amide bonds. The van der Waals surface area contributed by atoms with Crippen molar-refractivity contribution in [3.05, 3.63) is 48.0 Å². The van der Waals surface area contributed by atoms with Gasteiger partial charge in [-0.15, -0.1) is 0 Å². The van der Waals surface area contributed by atoms with Gasteiger partial charge in [-0.2, -0.15) is 0 Å². The minimum atomic E-state index is 0.606. The van der Waals surface area contributed by atoms with E-state index in [0.717, 1.165) is 85.6 Å². The molecule has 0 bridgehead atoms. The van der Waals surface area contributed by atoms with Crippen LogP contribution in [0.2, 0.25) is 0 Å². The van der Waals surface area contributed by atoms with Gasteiger partial charge in [-0.3, -0.25) is 14.9 Å². The van der Waals surface area contributed by atoms with E-state index in [1.807, 2.05) is 32.6 Å². The van der Waals surface area contributed by atoms with Crippen molar-refractivity contribution in [3.63, 3.8) is 0 Å². The number of anilines is 2. The predicted molar refractivity (Wildman–Crippen MR) is 245 cm³/mol. The van der Waals surface area contributed by atoms with Gasteiger partial charge in [0.1, 0.15) is 0 Å². The number of aromatic nitrogens is 2. The molecule has 2 aromatic heterocycles. The third kappa shape index (κ3) is 12.2. The Morgan fingerprint density at radius 2 is 1.56 bits per heavy atom. The van der Waals surface area contributed by atoms with Crippen LogP contribution in [0.3, 0.4) is 0 Å². The first-order valence-corrected chi connectivity index (χ1v) is 23.8. The average molecular weight is 786 g/mol. The number of hydrogen-bond donors (Lipinski definition) is 3. The number of unbranched alkanes of at least 4 members (excludes halogenated alkanes) is 1.